The molecule has 0 amide bonds. The predicted octanol–water partition coefficient (Wildman–Crippen LogP) is 2.38. The van der Waals surface area contributed by atoms with E-state index in [1.165, 1.54) is 6.07 Å². The number of carbonyl (C=O) groups is 1. The summed E-state index contributed by atoms with van der Waals surface area (Å²) >= 11 is 0. The van der Waals surface area contributed by atoms with Crippen molar-refractivity contribution >= 4 is 6.29 Å². The summed E-state index contributed by atoms with van der Waals surface area (Å²) in [6, 6.07) is 4.21. The van der Waals surface area contributed by atoms with Gasteiger partial charge in [-0.1, -0.05) is 12.1 Å². The number of halogens is 2. The predicted molar refractivity (Wildman–Crippen MR) is 60.4 cm³/mol. The van der Waals surface area contributed by atoms with Crippen LogP contribution >= 0.6 is 0 Å². The number of piperidine rings is 1. The second kappa shape index (κ2) is 5.36. The molecule has 4 heteroatoms. The van der Waals surface area contributed by atoms with Gasteiger partial charge in [-0.15, -0.1) is 0 Å². The monoisotopic (exact) mass is 239 g/mol. The zero-order chi connectivity index (χ0) is 12.3. The van der Waals surface area contributed by atoms with Crippen molar-refractivity contribution in [2.24, 2.45) is 5.92 Å². The normalized spacial score (nSPS) is 21.4. The van der Waals surface area contributed by atoms with Crippen LogP contribution in [0.15, 0.2) is 18.2 Å². The van der Waals surface area contributed by atoms with Crippen LogP contribution in [0.5, 0.6) is 0 Å². The van der Waals surface area contributed by atoms with Crippen molar-refractivity contribution in [1.29, 1.82) is 0 Å². The van der Waals surface area contributed by atoms with Gasteiger partial charge in [-0.2, -0.15) is 0 Å². The molecule has 17 heavy (non-hydrogen) atoms. The van der Waals surface area contributed by atoms with E-state index in [2.05, 4.69) is 0 Å². The van der Waals surface area contributed by atoms with Gasteiger partial charge >= 0.3 is 0 Å². The number of likely N-dealkylation sites (tertiary alicyclic amines) is 1. The smallest absolute Gasteiger partial charge is 0.163 e. The molecule has 1 fully saturated rings. The number of nitrogens with zero attached hydrogens (tertiary/aromatic N) is 1. The Labute approximate surface area is 99.2 Å². The zero-order valence-electron chi connectivity index (χ0n) is 9.53. The molecule has 0 bridgehead atoms. The maximum absolute atomic E-state index is 13.5. The van der Waals surface area contributed by atoms with E-state index in [4.69, 9.17) is 0 Å². The van der Waals surface area contributed by atoms with Crippen LogP contribution in [0.3, 0.4) is 0 Å². The molecule has 1 heterocycles. The summed E-state index contributed by atoms with van der Waals surface area (Å²) in [7, 11) is 0. The van der Waals surface area contributed by atoms with Gasteiger partial charge in [-0.25, -0.2) is 8.78 Å². The molecule has 0 aromatic heterocycles. The summed E-state index contributed by atoms with van der Waals surface area (Å²) in [6.45, 7) is 1.84. The molecule has 0 radical (unpaired) electrons. The van der Waals surface area contributed by atoms with Gasteiger partial charge in [-0.3, -0.25) is 4.90 Å². The summed E-state index contributed by atoms with van der Waals surface area (Å²) in [5.74, 6) is -1.56. The number of aldehydes is 1. The number of rotatable bonds is 3. The standard InChI is InChI=1S/C13H15F2NO/c14-12-5-1-4-11(13(12)15)8-16-6-2-3-10(7-16)9-17/h1,4-5,9-10H,2-3,6-8H2. The first-order chi connectivity index (χ1) is 8.20. The van der Waals surface area contributed by atoms with E-state index in [1.54, 1.807) is 6.07 Å². The van der Waals surface area contributed by atoms with Crippen LogP contribution in [0.4, 0.5) is 8.78 Å². The van der Waals surface area contributed by atoms with E-state index in [0.29, 0.717) is 18.7 Å². The molecule has 0 N–H and O–H groups in total. The first kappa shape index (κ1) is 12.2. The largest absolute Gasteiger partial charge is 0.303 e. The lowest BCUT2D eigenvalue weighted by Gasteiger charge is -2.30. The average molecular weight is 239 g/mol. The molecule has 1 saturated heterocycles. The minimum absolute atomic E-state index is 0.0281. The Morgan fingerprint density at radius 1 is 1.41 bits per heavy atom. The van der Waals surface area contributed by atoms with E-state index < -0.39 is 11.6 Å². The van der Waals surface area contributed by atoms with Crippen LogP contribution in [-0.2, 0) is 11.3 Å². The van der Waals surface area contributed by atoms with Gasteiger partial charge in [0.15, 0.2) is 11.6 Å². The lowest BCUT2D eigenvalue weighted by molar-refractivity contribution is -0.112. The van der Waals surface area contributed by atoms with Crippen LogP contribution in [0.1, 0.15) is 18.4 Å². The second-order valence-electron chi connectivity index (χ2n) is 4.49. The Bertz CT molecular complexity index is 408. The van der Waals surface area contributed by atoms with Crippen LogP contribution in [0.25, 0.3) is 0 Å². The zero-order valence-corrected chi connectivity index (χ0v) is 9.53. The minimum atomic E-state index is -0.813. The third kappa shape index (κ3) is 2.88. The Balaban J connectivity index is 2.05. The van der Waals surface area contributed by atoms with E-state index in [9.17, 15) is 13.6 Å². The van der Waals surface area contributed by atoms with Gasteiger partial charge in [-0.05, 0) is 25.5 Å². The molecule has 1 atom stereocenters. The molecule has 0 saturated carbocycles. The van der Waals surface area contributed by atoms with Crippen molar-refractivity contribution in [3.8, 4) is 0 Å². The molecule has 1 aromatic rings. The number of carbonyl (C=O) groups excluding carboxylic acids is 1. The number of hydrogen-bond acceptors (Lipinski definition) is 2. The summed E-state index contributed by atoms with van der Waals surface area (Å²) < 4.78 is 26.5. The third-order valence-corrected chi connectivity index (χ3v) is 3.16. The van der Waals surface area contributed by atoms with Crippen LogP contribution < -0.4 is 0 Å². The average Bonchev–Trinajstić information content (AvgIpc) is 2.35. The topological polar surface area (TPSA) is 20.3 Å². The highest BCUT2D eigenvalue weighted by Crippen LogP contribution is 2.19. The Morgan fingerprint density at radius 3 is 3.00 bits per heavy atom. The van der Waals surface area contributed by atoms with Crippen molar-refractivity contribution in [2.45, 2.75) is 19.4 Å². The molecule has 2 nitrogen and oxygen atoms in total. The van der Waals surface area contributed by atoms with Crippen LogP contribution in [-0.4, -0.2) is 24.3 Å². The summed E-state index contributed by atoms with van der Waals surface area (Å²) in [6.07, 6.45) is 2.78. The summed E-state index contributed by atoms with van der Waals surface area (Å²) in [4.78, 5) is 12.7. The van der Waals surface area contributed by atoms with E-state index in [-0.39, 0.29) is 5.92 Å². The highest BCUT2D eigenvalue weighted by molar-refractivity contribution is 5.53. The molecule has 92 valence electrons. The van der Waals surface area contributed by atoms with Gasteiger partial charge in [0.2, 0.25) is 0 Å². The van der Waals surface area contributed by atoms with Crippen molar-refractivity contribution in [2.75, 3.05) is 13.1 Å². The first-order valence-corrected chi connectivity index (χ1v) is 5.81. The molecule has 0 spiro atoms. The van der Waals surface area contributed by atoms with Gasteiger partial charge in [0.05, 0.1) is 0 Å². The second-order valence-corrected chi connectivity index (χ2v) is 4.49. The SMILES string of the molecule is O=CC1CCCN(Cc2cccc(F)c2F)C1. The third-order valence-electron chi connectivity index (χ3n) is 3.16. The van der Waals surface area contributed by atoms with Crippen molar-refractivity contribution < 1.29 is 13.6 Å². The fraction of sp³-hybridized carbons (Fsp3) is 0.462. The quantitative estimate of drug-likeness (QED) is 0.755. The Morgan fingerprint density at radius 2 is 2.24 bits per heavy atom. The lowest BCUT2D eigenvalue weighted by atomic mass is 9.99. The van der Waals surface area contributed by atoms with E-state index in [0.717, 1.165) is 31.7 Å². The molecule has 1 aliphatic heterocycles. The van der Waals surface area contributed by atoms with Gasteiger partial charge in [0.25, 0.3) is 0 Å². The Hall–Kier alpha value is -1.29. The highest BCUT2D eigenvalue weighted by Gasteiger charge is 2.20. The van der Waals surface area contributed by atoms with Crippen LogP contribution in [0, 0.1) is 17.6 Å². The molecule has 1 unspecified atom stereocenters. The van der Waals surface area contributed by atoms with Crippen molar-refractivity contribution in [3.63, 3.8) is 0 Å². The number of hydrogen-bond donors (Lipinski definition) is 0. The molecular formula is C13H15F2NO. The maximum atomic E-state index is 13.5. The number of benzene rings is 1. The van der Waals surface area contributed by atoms with Crippen LogP contribution in [0.2, 0.25) is 0 Å². The minimum Gasteiger partial charge on any atom is -0.303 e. The molecule has 2 rings (SSSR count). The van der Waals surface area contributed by atoms with Gasteiger partial charge in [0.1, 0.15) is 6.29 Å². The van der Waals surface area contributed by atoms with Crippen molar-refractivity contribution in [3.05, 3.63) is 35.4 Å². The summed E-state index contributed by atoms with van der Waals surface area (Å²) in [5.41, 5.74) is 0.358. The summed E-state index contributed by atoms with van der Waals surface area (Å²) in [5, 5.41) is 0. The van der Waals surface area contributed by atoms with Gasteiger partial charge < -0.3 is 4.79 Å². The van der Waals surface area contributed by atoms with Crippen molar-refractivity contribution in [1.82, 2.24) is 4.90 Å². The lowest BCUT2D eigenvalue weighted by Crippen LogP contribution is -2.35. The molecule has 0 aliphatic carbocycles. The highest BCUT2D eigenvalue weighted by atomic mass is 19.2. The molecule has 1 aromatic carbocycles. The fourth-order valence-corrected chi connectivity index (χ4v) is 2.26. The first-order valence-electron chi connectivity index (χ1n) is 5.81. The van der Waals surface area contributed by atoms with E-state index >= 15 is 0 Å². The fourth-order valence-electron chi connectivity index (χ4n) is 2.26. The molecular weight excluding hydrogens is 224 g/mol. The van der Waals surface area contributed by atoms with E-state index in [1.807, 2.05) is 4.90 Å². The Kier molecular flexibility index (Phi) is 3.84. The molecule has 1 aliphatic rings. The van der Waals surface area contributed by atoms with Gasteiger partial charge in [0, 0.05) is 24.6 Å². The maximum Gasteiger partial charge on any atom is 0.163 e.